The van der Waals surface area contributed by atoms with Crippen molar-refractivity contribution < 1.29 is 38.1 Å². The van der Waals surface area contributed by atoms with E-state index in [0.29, 0.717) is 0 Å². The average Bonchev–Trinajstić information content (AvgIpc) is 0. The third kappa shape index (κ3) is 25.3. The zero-order valence-corrected chi connectivity index (χ0v) is 6.24. The molecule has 0 aromatic carbocycles. The van der Waals surface area contributed by atoms with Crippen molar-refractivity contribution in [2.24, 2.45) is 0 Å². The number of hydrogen-bond donors (Lipinski definition) is 0. The second-order valence-electron chi connectivity index (χ2n) is 0. The molecule has 0 atom stereocenters. The Bertz CT molecular complexity index is 6.85. The van der Waals surface area contributed by atoms with Crippen molar-refractivity contribution in [3.63, 3.8) is 0 Å². The van der Waals surface area contributed by atoms with Gasteiger partial charge in [0, 0.05) is 0 Å². The van der Waals surface area contributed by atoms with Gasteiger partial charge in [-0.1, -0.05) is 0 Å². The minimum absolute atomic E-state index is 0. The summed E-state index contributed by atoms with van der Waals surface area (Å²) >= 11 is 0. The van der Waals surface area contributed by atoms with E-state index >= 15 is 0 Å². The molecule has 3 nitrogen and oxygen atoms in total. The van der Waals surface area contributed by atoms with Crippen molar-refractivity contribution in [1.29, 1.82) is 0 Å². The van der Waals surface area contributed by atoms with Gasteiger partial charge in [0.05, 0.1) is 0 Å². The van der Waals surface area contributed by atoms with Gasteiger partial charge in [-0.15, -0.1) is 0 Å². The quantitative estimate of drug-likeness (QED) is 0.402. The van der Waals surface area contributed by atoms with Crippen LogP contribution in [0.2, 0.25) is 0 Å². The monoisotopic (exact) mass is 137 g/mol. The Balaban J connectivity index is 0. The Morgan fingerprint density at radius 1 is 0.800 bits per heavy atom. The number of rotatable bonds is 0. The fourth-order valence-electron chi connectivity index (χ4n) is 0. The minimum atomic E-state index is 0. The van der Waals surface area contributed by atoms with Crippen molar-refractivity contribution >= 4 is 37.7 Å². The molecule has 0 aliphatic rings. The van der Waals surface area contributed by atoms with Crippen LogP contribution in [0.3, 0.4) is 0 Å². The summed E-state index contributed by atoms with van der Waals surface area (Å²) in [6.07, 6.45) is 0. The maximum Gasteiger partial charge on any atom is 4.00 e. The van der Waals surface area contributed by atoms with Crippen molar-refractivity contribution in [2.45, 2.75) is 0 Å². The number of hydrogen-bond acceptors (Lipinski definition) is 1. The van der Waals surface area contributed by atoms with Crippen LogP contribution in [0, 0.1) is 0 Å². The van der Waals surface area contributed by atoms with Crippen molar-refractivity contribution in [1.82, 2.24) is 0 Å². The van der Waals surface area contributed by atoms with E-state index in [2.05, 4.69) is 0 Å². The molecule has 0 aliphatic carbocycles. The summed E-state index contributed by atoms with van der Waals surface area (Å²) in [4.78, 5) is 0. The van der Waals surface area contributed by atoms with Crippen LogP contribution in [0.15, 0.2) is 0 Å². The van der Waals surface area contributed by atoms with Gasteiger partial charge >= 0.3 is 59.5 Å². The van der Waals surface area contributed by atoms with Gasteiger partial charge in [0.25, 0.3) is 0 Å². The van der Waals surface area contributed by atoms with E-state index in [1.165, 1.54) is 0 Å². The van der Waals surface area contributed by atoms with E-state index in [0.717, 1.165) is 0 Å². The molecular formula is HCaO3Ti+. The Kier molecular flexibility index (Phi) is 548. The maximum absolute atomic E-state index is 0. The molecule has 0 rings (SSSR count). The van der Waals surface area contributed by atoms with Crippen LogP contribution in [0.4, 0.5) is 0 Å². The summed E-state index contributed by atoms with van der Waals surface area (Å²) < 4.78 is 0. The molecule has 0 bridgehead atoms. The van der Waals surface area contributed by atoms with Crippen LogP contribution < -0.4 is 0 Å². The van der Waals surface area contributed by atoms with Crippen LogP contribution in [-0.4, -0.2) is 43.2 Å². The first-order valence-corrected chi connectivity index (χ1v) is 0. The normalized spacial score (nSPS) is 0. The van der Waals surface area contributed by atoms with Crippen LogP contribution >= 0.6 is 0 Å². The van der Waals surface area contributed by atoms with Gasteiger partial charge in [0.15, 0.2) is 0 Å². The summed E-state index contributed by atoms with van der Waals surface area (Å²) in [5.41, 5.74) is 0. The van der Waals surface area contributed by atoms with Gasteiger partial charge in [0.2, 0.25) is 0 Å². The van der Waals surface area contributed by atoms with Gasteiger partial charge in [-0.2, -0.15) is 0 Å². The summed E-state index contributed by atoms with van der Waals surface area (Å²) in [5, 5.41) is 0. The summed E-state index contributed by atoms with van der Waals surface area (Å²) in [6, 6.07) is 0. The Morgan fingerprint density at radius 3 is 0.800 bits per heavy atom. The molecule has 0 aromatic rings. The first kappa shape index (κ1) is 68.3. The van der Waals surface area contributed by atoms with E-state index in [4.69, 9.17) is 0 Å². The fraction of sp³-hybridized carbons (Fsp3) is 0. The molecule has 5 heteroatoms. The molecule has 0 spiro atoms. The van der Waals surface area contributed by atoms with Crippen LogP contribution in [0.5, 0.6) is 0 Å². The van der Waals surface area contributed by atoms with Crippen LogP contribution in [0.1, 0.15) is 0 Å². The first-order valence-electron chi connectivity index (χ1n) is 0. The van der Waals surface area contributed by atoms with E-state index in [1.807, 2.05) is 0 Å². The van der Waals surface area contributed by atoms with E-state index in [1.54, 1.807) is 0 Å². The van der Waals surface area contributed by atoms with Gasteiger partial charge in [-0.25, -0.2) is 0 Å². The van der Waals surface area contributed by atoms with Crippen molar-refractivity contribution in [2.75, 3.05) is 0 Å². The molecule has 0 aliphatic heterocycles. The van der Waals surface area contributed by atoms with Gasteiger partial charge in [-0.05, 0) is 0 Å². The molecular weight excluding hydrogens is 136 g/mol. The molecule has 5 heavy (non-hydrogen) atoms. The van der Waals surface area contributed by atoms with E-state index in [9.17, 15) is 0 Å². The van der Waals surface area contributed by atoms with Crippen LogP contribution in [0.25, 0.3) is 0 Å². The first-order chi connectivity index (χ1) is 0. The molecule has 0 heterocycles. The molecule has 0 amide bonds. The van der Waals surface area contributed by atoms with Crippen molar-refractivity contribution in [3.05, 3.63) is 0 Å². The second kappa shape index (κ2) is 40.1. The SMILES string of the molecule is [Ca+2].[O-2].[O-2].[OH-].[Ti+4]. The molecule has 0 radical (unpaired) electrons. The summed E-state index contributed by atoms with van der Waals surface area (Å²) in [5.74, 6) is 0. The van der Waals surface area contributed by atoms with Gasteiger partial charge in [0.1, 0.15) is 0 Å². The fourth-order valence-corrected chi connectivity index (χ4v) is 0. The molecule has 0 fully saturated rings. The molecule has 0 aromatic heterocycles. The zero-order valence-electron chi connectivity index (χ0n) is 2.47. The molecule has 1 N–H and O–H groups in total. The Hall–Kier alpha value is 1.85. The molecule has 0 saturated heterocycles. The van der Waals surface area contributed by atoms with Gasteiger partial charge < -0.3 is 16.4 Å². The Morgan fingerprint density at radius 2 is 0.800 bits per heavy atom. The topological polar surface area (TPSA) is 87.0 Å². The van der Waals surface area contributed by atoms with E-state index < -0.39 is 0 Å². The maximum atomic E-state index is 0. The predicted molar refractivity (Wildman–Crippen MR) is 9.06 cm³/mol. The van der Waals surface area contributed by atoms with Crippen LogP contribution in [-0.2, 0) is 32.7 Å². The molecule has 24 valence electrons. The second-order valence-corrected chi connectivity index (χ2v) is 0. The molecule has 0 unspecified atom stereocenters. The third-order valence-corrected chi connectivity index (χ3v) is 0. The smallest absolute Gasteiger partial charge is 2.00 e. The zero-order chi connectivity index (χ0) is 0. The third-order valence-electron chi connectivity index (χ3n) is 0. The van der Waals surface area contributed by atoms with Crippen molar-refractivity contribution in [3.8, 4) is 0 Å². The largest absolute Gasteiger partial charge is 4.00 e. The van der Waals surface area contributed by atoms with Gasteiger partial charge in [-0.3, -0.25) is 0 Å². The summed E-state index contributed by atoms with van der Waals surface area (Å²) in [6.45, 7) is 0. The standard InChI is InChI=1S/Ca.H2O.2O.Ti/h;1H2;;;/q+2;;2*-2;+4/p-1. The average molecular weight is 137 g/mol. The Labute approximate surface area is 74.9 Å². The minimum Gasteiger partial charge on any atom is -2.00 e. The predicted octanol–water partition coefficient (Wildman–Crippen LogP) is -0.798. The summed E-state index contributed by atoms with van der Waals surface area (Å²) in [7, 11) is 0. The van der Waals surface area contributed by atoms with E-state index in [-0.39, 0.29) is 75.9 Å². The molecule has 0 saturated carbocycles.